The van der Waals surface area contributed by atoms with Gasteiger partial charge in [-0.25, -0.2) is 0 Å². The average Bonchev–Trinajstić information content (AvgIpc) is 2.80. The van der Waals surface area contributed by atoms with Gasteiger partial charge in [-0.2, -0.15) is 0 Å². The second-order valence-corrected chi connectivity index (χ2v) is 6.68. The maximum atomic E-state index is 3.78. The fourth-order valence-electron chi connectivity index (χ4n) is 3.47. The van der Waals surface area contributed by atoms with Crippen LogP contribution in [0, 0.1) is 5.41 Å². The van der Waals surface area contributed by atoms with Crippen LogP contribution in [0.2, 0.25) is 0 Å². The van der Waals surface area contributed by atoms with E-state index in [2.05, 4.69) is 24.5 Å². The summed E-state index contributed by atoms with van der Waals surface area (Å²) in [6, 6.07) is 1.45. The van der Waals surface area contributed by atoms with Gasteiger partial charge in [0, 0.05) is 18.6 Å². The molecule has 17 heavy (non-hydrogen) atoms. The van der Waals surface area contributed by atoms with Crippen molar-refractivity contribution >= 4 is 0 Å². The molecule has 100 valence electrons. The van der Waals surface area contributed by atoms with Crippen LogP contribution < -0.4 is 10.6 Å². The zero-order valence-corrected chi connectivity index (χ0v) is 11.7. The van der Waals surface area contributed by atoms with Crippen molar-refractivity contribution in [2.75, 3.05) is 13.1 Å². The molecule has 1 saturated heterocycles. The standard InChI is InChI=1S/C15H30N2/c1-13(11-14-7-6-10-16-14)17-12-15(2)8-4-3-5-9-15/h13-14,16-17H,3-12H2,1-2H3. The normalized spacial score (nSPS) is 30.4. The molecule has 2 unspecified atom stereocenters. The molecule has 0 bridgehead atoms. The minimum atomic E-state index is 0.579. The van der Waals surface area contributed by atoms with Crippen LogP contribution in [-0.4, -0.2) is 25.2 Å². The molecule has 2 rings (SSSR count). The van der Waals surface area contributed by atoms with Crippen molar-refractivity contribution in [3.8, 4) is 0 Å². The van der Waals surface area contributed by atoms with E-state index in [1.165, 1.54) is 64.5 Å². The maximum absolute atomic E-state index is 3.78. The Morgan fingerprint density at radius 2 is 2.00 bits per heavy atom. The van der Waals surface area contributed by atoms with E-state index < -0.39 is 0 Å². The Balaban J connectivity index is 1.65. The summed E-state index contributed by atoms with van der Waals surface area (Å²) in [5, 5.41) is 7.37. The van der Waals surface area contributed by atoms with E-state index in [9.17, 15) is 0 Å². The Kier molecular flexibility index (Phi) is 4.87. The largest absolute Gasteiger partial charge is 0.314 e. The Bertz CT molecular complexity index is 215. The van der Waals surface area contributed by atoms with Crippen LogP contribution in [0.3, 0.4) is 0 Å². The number of nitrogens with one attached hydrogen (secondary N) is 2. The summed E-state index contributed by atoms with van der Waals surface area (Å²) in [7, 11) is 0. The van der Waals surface area contributed by atoms with Crippen LogP contribution in [0.4, 0.5) is 0 Å². The van der Waals surface area contributed by atoms with Crippen molar-refractivity contribution in [2.45, 2.75) is 77.3 Å². The minimum Gasteiger partial charge on any atom is -0.314 e. The van der Waals surface area contributed by atoms with E-state index in [1.807, 2.05) is 0 Å². The smallest absolute Gasteiger partial charge is 0.00822 e. The average molecular weight is 238 g/mol. The molecule has 2 nitrogen and oxygen atoms in total. The Labute approximate surface area is 107 Å². The maximum Gasteiger partial charge on any atom is 0.00822 e. The van der Waals surface area contributed by atoms with Gasteiger partial charge in [-0.3, -0.25) is 0 Å². The summed E-state index contributed by atoms with van der Waals surface area (Å²) in [5.41, 5.74) is 0.579. The van der Waals surface area contributed by atoms with Crippen LogP contribution in [0.15, 0.2) is 0 Å². The molecule has 0 aromatic rings. The highest BCUT2D eigenvalue weighted by Gasteiger charge is 2.27. The quantitative estimate of drug-likeness (QED) is 0.769. The summed E-state index contributed by atoms with van der Waals surface area (Å²) >= 11 is 0. The number of rotatable bonds is 5. The van der Waals surface area contributed by atoms with Crippen LogP contribution >= 0.6 is 0 Å². The van der Waals surface area contributed by atoms with Crippen LogP contribution in [0.5, 0.6) is 0 Å². The molecule has 2 N–H and O–H groups in total. The van der Waals surface area contributed by atoms with Crippen molar-refractivity contribution in [3.05, 3.63) is 0 Å². The third-order valence-corrected chi connectivity index (χ3v) is 4.74. The first-order valence-corrected chi connectivity index (χ1v) is 7.65. The second kappa shape index (κ2) is 6.19. The predicted molar refractivity (Wildman–Crippen MR) is 74.3 cm³/mol. The van der Waals surface area contributed by atoms with E-state index in [4.69, 9.17) is 0 Å². The molecule has 0 aromatic heterocycles. The molecule has 1 heterocycles. The third-order valence-electron chi connectivity index (χ3n) is 4.74. The van der Waals surface area contributed by atoms with Gasteiger partial charge in [0.25, 0.3) is 0 Å². The van der Waals surface area contributed by atoms with Crippen molar-refractivity contribution in [1.29, 1.82) is 0 Å². The first-order chi connectivity index (χ1) is 8.18. The molecule has 1 saturated carbocycles. The minimum absolute atomic E-state index is 0.579. The van der Waals surface area contributed by atoms with E-state index in [0.717, 1.165) is 6.04 Å². The molecule has 2 heteroatoms. The second-order valence-electron chi connectivity index (χ2n) is 6.68. The van der Waals surface area contributed by atoms with Crippen molar-refractivity contribution in [1.82, 2.24) is 10.6 Å². The van der Waals surface area contributed by atoms with Crippen LogP contribution in [0.1, 0.15) is 65.2 Å². The van der Waals surface area contributed by atoms with Gasteiger partial charge in [0.15, 0.2) is 0 Å². The summed E-state index contributed by atoms with van der Waals surface area (Å²) in [4.78, 5) is 0. The van der Waals surface area contributed by atoms with Gasteiger partial charge in [0.05, 0.1) is 0 Å². The molecule has 1 aliphatic carbocycles. The molecule has 2 fully saturated rings. The first kappa shape index (κ1) is 13.4. The summed E-state index contributed by atoms with van der Waals surface area (Å²) < 4.78 is 0. The molecule has 0 radical (unpaired) electrons. The molecule has 2 atom stereocenters. The fraction of sp³-hybridized carbons (Fsp3) is 1.00. The zero-order chi connectivity index (χ0) is 12.1. The monoisotopic (exact) mass is 238 g/mol. The third kappa shape index (κ3) is 4.26. The lowest BCUT2D eigenvalue weighted by atomic mass is 9.75. The molecule has 2 aliphatic rings. The van der Waals surface area contributed by atoms with E-state index in [1.54, 1.807) is 0 Å². The van der Waals surface area contributed by atoms with Gasteiger partial charge < -0.3 is 10.6 Å². The predicted octanol–water partition coefficient (Wildman–Crippen LogP) is 3.08. The van der Waals surface area contributed by atoms with E-state index in [-0.39, 0.29) is 0 Å². The molecule has 1 aliphatic heterocycles. The Morgan fingerprint density at radius 1 is 1.24 bits per heavy atom. The highest BCUT2D eigenvalue weighted by atomic mass is 15.0. The molecule has 0 spiro atoms. The lowest BCUT2D eigenvalue weighted by Crippen LogP contribution is -2.40. The van der Waals surface area contributed by atoms with E-state index in [0.29, 0.717) is 11.5 Å². The van der Waals surface area contributed by atoms with Gasteiger partial charge in [-0.05, 0) is 51.0 Å². The fourth-order valence-corrected chi connectivity index (χ4v) is 3.47. The SMILES string of the molecule is CC(CC1CCCN1)NCC1(C)CCCCC1. The van der Waals surface area contributed by atoms with Crippen molar-refractivity contribution < 1.29 is 0 Å². The van der Waals surface area contributed by atoms with Crippen LogP contribution in [-0.2, 0) is 0 Å². The first-order valence-electron chi connectivity index (χ1n) is 7.65. The van der Waals surface area contributed by atoms with Crippen LogP contribution in [0.25, 0.3) is 0 Å². The summed E-state index contributed by atoms with van der Waals surface area (Å²) in [5.74, 6) is 0. The number of hydrogen-bond donors (Lipinski definition) is 2. The van der Waals surface area contributed by atoms with Gasteiger partial charge in [-0.15, -0.1) is 0 Å². The van der Waals surface area contributed by atoms with Gasteiger partial charge in [0.1, 0.15) is 0 Å². The van der Waals surface area contributed by atoms with Crippen molar-refractivity contribution in [3.63, 3.8) is 0 Å². The molecular formula is C15H30N2. The summed E-state index contributed by atoms with van der Waals surface area (Å²) in [6.45, 7) is 7.28. The Morgan fingerprint density at radius 3 is 2.65 bits per heavy atom. The van der Waals surface area contributed by atoms with Crippen molar-refractivity contribution in [2.24, 2.45) is 5.41 Å². The Hall–Kier alpha value is -0.0800. The summed E-state index contributed by atoms with van der Waals surface area (Å²) in [6.07, 6.45) is 11.2. The lowest BCUT2D eigenvalue weighted by molar-refractivity contribution is 0.199. The van der Waals surface area contributed by atoms with Gasteiger partial charge >= 0.3 is 0 Å². The zero-order valence-electron chi connectivity index (χ0n) is 11.7. The van der Waals surface area contributed by atoms with Gasteiger partial charge in [0.2, 0.25) is 0 Å². The topological polar surface area (TPSA) is 24.1 Å². The number of hydrogen-bond acceptors (Lipinski definition) is 2. The van der Waals surface area contributed by atoms with E-state index >= 15 is 0 Å². The molecule has 0 amide bonds. The highest BCUT2D eigenvalue weighted by molar-refractivity contribution is 4.83. The molecule has 0 aromatic carbocycles. The van der Waals surface area contributed by atoms with Gasteiger partial charge in [-0.1, -0.05) is 26.2 Å². The highest BCUT2D eigenvalue weighted by Crippen LogP contribution is 2.35. The molecular weight excluding hydrogens is 208 g/mol. The lowest BCUT2D eigenvalue weighted by Gasteiger charge is -2.35.